The second-order valence-electron chi connectivity index (χ2n) is 19.1. The van der Waals surface area contributed by atoms with E-state index in [0.29, 0.717) is 23.2 Å². The number of nitrogens with zero attached hydrogens (tertiary/aromatic N) is 6. The van der Waals surface area contributed by atoms with E-state index in [-0.39, 0.29) is 0 Å². The van der Waals surface area contributed by atoms with Gasteiger partial charge in [-0.3, -0.25) is 0 Å². The van der Waals surface area contributed by atoms with Crippen molar-refractivity contribution in [3.05, 3.63) is 278 Å². The molecule has 0 atom stereocenters. The van der Waals surface area contributed by atoms with Crippen molar-refractivity contribution < 1.29 is 0 Å². The normalized spacial score (nSPS) is 11.4. The van der Waals surface area contributed by atoms with E-state index in [1.165, 1.54) is 16.5 Å². The Kier molecular flexibility index (Phi) is 10.8. The van der Waals surface area contributed by atoms with Crippen LogP contribution in [0.4, 0.5) is 5.69 Å². The second kappa shape index (κ2) is 18.5. The van der Waals surface area contributed by atoms with Crippen LogP contribution in [0.3, 0.4) is 0 Å². The highest BCUT2D eigenvalue weighted by atomic mass is 15.0. The number of benzene rings is 11. The van der Waals surface area contributed by atoms with Gasteiger partial charge in [0.1, 0.15) is 0 Å². The maximum atomic E-state index is 7.72. The molecule has 6 heteroatoms. The van der Waals surface area contributed by atoms with Gasteiger partial charge in [-0.1, -0.05) is 206 Å². The Morgan fingerprint density at radius 3 is 1.16 bits per heavy atom. The Bertz CT molecular complexity index is 4500. The predicted molar refractivity (Wildman–Crippen MR) is 313 cm³/mol. The van der Waals surface area contributed by atoms with Crippen LogP contribution in [0, 0.1) is 6.57 Å². The molecular weight excluding hydrogens is 925 g/mol. The Labute approximate surface area is 439 Å². The Morgan fingerprint density at radius 1 is 0.263 bits per heavy atom. The van der Waals surface area contributed by atoms with Crippen LogP contribution in [0.25, 0.3) is 139 Å². The van der Waals surface area contributed by atoms with Gasteiger partial charge >= 0.3 is 0 Å². The van der Waals surface area contributed by atoms with E-state index in [4.69, 9.17) is 21.5 Å². The summed E-state index contributed by atoms with van der Waals surface area (Å²) in [6, 6.07) is 94.0. The van der Waals surface area contributed by atoms with Crippen LogP contribution in [-0.2, 0) is 0 Å². The van der Waals surface area contributed by atoms with Gasteiger partial charge in [0.15, 0.2) is 23.2 Å². The largest absolute Gasteiger partial charge is 0.309 e. The number of aromatic nitrogens is 5. The van der Waals surface area contributed by atoms with Crippen molar-refractivity contribution >= 4 is 49.3 Å². The summed E-state index contributed by atoms with van der Waals surface area (Å²) in [4.78, 5) is 19.3. The highest BCUT2D eigenvalue weighted by Gasteiger charge is 2.24. The van der Waals surface area contributed by atoms with Crippen LogP contribution >= 0.6 is 0 Å². The fraction of sp³-hybridized carbons (Fsp3) is 0. The lowest BCUT2D eigenvalue weighted by Crippen LogP contribution is -2.04. The molecule has 76 heavy (non-hydrogen) atoms. The lowest BCUT2D eigenvalue weighted by molar-refractivity contribution is 1.07. The average Bonchev–Trinajstić information content (AvgIpc) is 4.13. The molecule has 0 bridgehead atoms. The minimum atomic E-state index is 0.568. The molecule has 0 aliphatic heterocycles. The summed E-state index contributed by atoms with van der Waals surface area (Å²) in [5.41, 5.74) is 18.3. The standard InChI is InChI=1S/C70H44N6/c1-71-55-36-30-48(31-37-55)53-32-38-58(67(45-53)76-63-29-17-15-27-57(63)60-43-52(34-40-66(60)76)47-20-8-3-9-21-47)61-44-54(70-73-68(49-22-10-4-11-23-49)72-69(74-70)50-24-12-5-13-25-50)35-41-65(61)75-62-28-16-14-26-56(62)59-42-51(33-39-64(59)75)46-18-6-2-7-19-46/h2-45H. The Hall–Kier alpha value is -10.5. The number of hydrogen-bond donors (Lipinski definition) is 0. The summed E-state index contributed by atoms with van der Waals surface area (Å²) in [5, 5.41) is 4.65. The van der Waals surface area contributed by atoms with Crippen LogP contribution in [0.5, 0.6) is 0 Å². The summed E-state index contributed by atoms with van der Waals surface area (Å²) in [6.07, 6.45) is 0. The zero-order valence-corrected chi connectivity index (χ0v) is 41.1. The maximum absolute atomic E-state index is 7.72. The summed E-state index contributed by atoms with van der Waals surface area (Å²) in [5.74, 6) is 1.76. The van der Waals surface area contributed by atoms with Gasteiger partial charge < -0.3 is 9.13 Å². The first-order valence-electron chi connectivity index (χ1n) is 25.5. The number of fused-ring (bicyclic) bond motifs is 6. The average molecular weight is 969 g/mol. The summed E-state index contributed by atoms with van der Waals surface area (Å²) in [7, 11) is 0. The topological polar surface area (TPSA) is 52.9 Å². The maximum Gasteiger partial charge on any atom is 0.187 e. The van der Waals surface area contributed by atoms with Crippen LogP contribution in [0.1, 0.15) is 0 Å². The van der Waals surface area contributed by atoms with Gasteiger partial charge in [0.25, 0.3) is 0 Å². The van der Waals surface area contributed by atoms with Gasteiger partial charge in [-0.25, -0.2) is 19.8 Å². The molecule has 0 saturated heterocycles. The molecule has 6 nitrogen and oxygen atoms in total. The molecule has 3 aromatic heterocycles. The predicted octanol–water partition coefficient (Wildman–Crippen LogP) is 18.3. The van der Waals surface area contributed by atoms with E-state index >= 15 is 0 Å². The summed E-state index contributed by atoms with van der Waals surface area (Å²) in [6.45, 7) is 7.72. The minimum Gasteiger partial charge on any atom is -0.309 e. The van der Waals surface area contributed by atoms with Gasteiger partial charge in [0, 0.05) is 49.4 Å². The monoisotopic (exact) mass is 968 g/mol. The quantitative estimate of drug-likeness (QED) is 0.135. The molecule has 14 rings (SSSR count). The molecule has 14 aromatic rings. The highest BCUT2D eigenvalue weighted by Crippen LogP contribution is 2.45. The van der Waals surface area contributed by atoms with Crippen molar-refractivity contribution in [2.24, 2.45) is 0 Å². The van der Waals surface area contributed by atoms with E-state index in [0.717, 1.165) is 99.7 Å². The van der Waals surface area contributed by atoms with Crippen molar-refractivity contribution in [1.29, 1.82) is 0 Å². The molecule has 0 amide bonds. The molecule has 354 valence electrons. The fourth-order valence-electron chi connectivity index (χ4n) is 11.0. The van der Waals surface area contributed by atoms with E-state index in [1.54, 1.807) is 0 Å². The van der Waals surface area contributed by atoms with Gasteiger partial charge in [0.2, 0.25) is 0 Å². The molecule has 3 heterocycles. The molecule has 0 fully saturated rings. The minimum absolute atomic E-state index is 0.568. The molecule has 11 aromatic carbocycles. The third-order valence-electron chi connectivity index (χ3n) is 14.6. The van der Waals surface area contributed by atoms with Crippen LogP contribution in [0.2, 0.25) is 0 Å². The first-order valence-corrected chi connectivity index (χ1v) is 25.5. The first-order chi connectivity index (χ1) is 37.6. The third-order valence-corrected chi connectivity index (χ3v) is 14.6. The van der Waals surface area contributed by atoms with E-state index in [1.807, 2.05) is 84.9 Å². The zero-order chi connectivity index (χ0) is 50.5. The highest BCUT2D eigenvalue weighted by molar-refractivity contribution is 6.13. The second-order valence-corrected chi connectivity index (χ2v) is 19.1. The number of rotatable bonds is 9. The molecular formula is C70H44N6. The first kappa shape index (κ1) is 44.2. The smallest absolute Gasteiger partial charge is 0.187 e. The van der Waals surface area contributed by atoms with Crippen LogP contribution in [0.15, 0.2) is 267 Å². The van der Waals surface area contributed by atoms with Crippen molar-refractivity contribution in [2.45, 2.75) is 0 Å². The van der Waals surface area contributed by atoms with E-state index < -0.39 is 0 Å². The van der Waals surface area contributed by atoms with E-state index in [2.05, 4.69) is 196 Å². The lowest BCUT2D eigenvalue weighted by Gasteiger charge is -2.21. The van der Waals surface area contributed by atoms with Gasteiger partial charge in [-0.2, -0.15) is 0 Å². The van der Waals surface area contributed by atoms with Crippen LogP contribution < -0.4 is 0 Å². The molecule has 0 aliphatic carbocycles. The SMILES string of the molecule is [C-]#[N+]c1ccc(-c2ccc(-c3cc(-c4nc(-c5ccccc5)nc(-c5ccccc5)n4)ccc3-n3c4ccccc4c4cc(-c5ccccc5)ccc43)c(-n3c4ccccc4c4cc(-c5ccccc5)ccc43)c2)cc1. The molecule has 0 spiro atoms. The summed E-state index contributed by atoms with van der Waals surface area (Å²) < 4.78 is 4.86. The van der Waals surface area contributed by atoms with Crippen molar-refractivity contribution in [1.82, 2.24) is 24.1 Å². The Balaban J connectivity index is 1.08. The van der Waals surface area contributed by atoms with Crippen molar-refractivity contribution in [3.8, 4) is 90.0 Å². The molecule has 0 unspecified atom stereocenters. The number of para-hydroxylation sites is 2. The summed E-state index contributed by atoms with van der Waals surface area (Å²) >= 11 is 0. The van der Waals surface area contributed by atoms with Crippen molar-refractivity contribution in [2.75, 3.05) is 0 Å². The van der Waals surface area contributed by atoms with E-state index in [9.17, 15) is 0 Å². The van der Waals surface area contributed by atoms with Crippen LogP contribution in [-0.4, -0.2) is 24.1 Å². The lowest BCUT2D eigenvalue weighted by atomic mass is 9.94. The number of hydrogen-bond acceptors (Lipinski definition) is 3. The van der Waals surface area contributed by atoms with Crippen molar-refractivity contribution in [3.63, 3.8) is 0 Å². The van der Waals surface area contributed by atoms with Gasteiger partial charge in [0.05, 0.1) is 40.0 Å². The molecule has 0 aliphatic rings. The molecule has 0 radical (unpaired) electrons. The van der Waals surface area contributed by atoms with Gasteiger partial charge in [-0.05, 0) is 94.0 Å². The zero-order valence-electron chi connectivity index (χ0n) is 41.1. The molecule has 0 N–H and O–H groups in total. The molecule has 0 saturated carbocycles. The fourth-order valence-corrected chi connectivity index (χ4v) is 11.0. The van der Waals surface area contributed by atoms with Gasteiger partial charge in [-0.15, -0.1) is 0 Å². The third kappa shape index (κ3) is 7.70. The Morgan fingerprint density at radius 2 is 0.645 bits per heavy atom.